The van der Waals surface area contributed by atoms with Crippen molar-refractivity contribution in [2.75, 3.05) is 5.73 Å². The predicted octanol–water partition coefficient (Wildman–Crippen LogP) is 3.96. The van der Waals surface area contributed by atoms with Gasteiger partial charge in [-0.15, -0.1) is 0 Å². The number of anilines is 1. The van der Waals surface area contributed by atoms with Crippen molar-refractivity contribution in [2.45, 2.75) is 24.8 Å². The maximum absolute atomic E-state index is 5.90. The molecule has 2 N–H and O–H groups in total. The highest BCUT2D eigenvalue weighted by Gasteiger charge is 2.40. The van der Waals surface area contributed by atoms with E-state index < -0.39 is 0 Å². The van der Waals surface area contributed by atoms with Crippen LogP contribution in [0.25, 0.3) is 22.5 Å². The van der Waals surface area contributed by atoms with Crippen LogP contribution in [0, 0.1) is 0 Å². The van der Waals surface area contributed by atoms with Gasteiger partial charge in [-0.05, 0) is 43.0 Å². The predicted molar refractivity (Wildman–Crippen MR) is 111 cm³/mol. The van der Waals surface area contributed by atoms with E-state index in [1.165, 1.54) is 12.0 Å². The Morgan fingerprint density at radius 3 is 2.24 bits per heavy atom. The molecular weight excluding hydrogens is 386 g/mol. The van der Waals surface area contributed by atoms with Crippen LogP contribution in [-0.2, 0) is 5.54 Å². The van der Waals surface area contributed by atoms with Gasteiger partial charge >= 0.3 is 0 Å². The highest BCUT2D eigenvalue weighted by molar-refractivity contribution is 6.29. The molecule has 1 aliphatic rings. The quantitative estimate of drug-likeness (QED) is 0.518. The van der Waals surface area contributed by atoms with Gasteiger partial charge < -0.3 is 10.3 Å². The summed E-state index contributed by atoms with van der Waals surface area (Å²) in [6.07, 6.45) is 14.3. The summed E-state index contributed by atoms with van der Waals surface area (Å²) < 4.78 is 2.20. The third kappa shape index (κ3) is 3.13. The van der Waals surface area contributed by atoms with E-state index in [0.29, 0.717) is 5.15 Å². The van der Waals surface area contributed by atoms with Crippen molar-refractivity contribution in [3.63, 3.8) is 0 Å². The molecule has 0 saturated heterocycles. The minimum Gasteiger partial charge on any atom is -0.368 e. The van der Waals surface area contributed by atoms with Gasteiger partial charge in [0.2, 0.25) is 5.95 Å². The van der Waals surface area contributed by atoms with E-state index in [4.69, 9.17) is 17.3 Å². The largest absolute Gasteiger partial charge is 0.368 e. The van der Waals surface area contributed by atoms with Crippen molar-refractivity contribution in [2.24, 2.45) is 0 Å². The van der Waals surface area contributed by atoms with Crippen molar-refractivity contribution >= 4 is 17.5 Å². The molecule has 0 amide bonds. The lowest BCUT2D eigenvalue weighted by Gasteiger charge is -2.43. The van der Waals surface area contributed by atoms with Crippen LogP contribution in [0.1, 0.15) is 24.8 Å². The molecule has 0 radical (unpaired) electrons. The van der Waals surface area contributed by atoms with E-state index in [0.717, 1.165) is 35.4 Å². The minimum absolute atomic E-state index is 0.117. The number of hydrogen-bond acceptors (Lipinski definition) is 6. The van der Waals surface area contributed by atoms with E-state index in [1.807, 2.05) is 24.7 Å². The molecule has 0 unspecified atom stereocenters. The Bertz CT molecular complexity index is 1130. The molecule has 4 heterocycles. The molecule has 0 spiro atoms. The topological polar surface area (TPSA) is 95.4 Å². The van der Waals surface area contributed by atoms with Crippen molar-refractivity contribution in [3.8, 4) is 22.5 Å². The van der Waals surface area contributed by atoms with Crippen LogP contribution in [0.2, 0.25) is 5.15 Å². The number of rotatable bonds is 4. The number of imidazole rings is 1. The van der Waals surface area contributed by atoms with Gasteiger partial charge in [-0.1, -0.05) is 17.7 Å². The first-order valence-corrected chi connectivity index (χ1v) is 9.73. The van der Waals surface area contributed by atoms with Gasteiger partial charge in [-0.2, -0.15) is 0 Å². The molecule has 0 aliphatic heterocycles. The van der Waals surface area contributed by atoms with Gasteiger partial charge in [0.15, 0.2) is 0 Å². The molecule has 8 heteroatoms. The van der Waals surface area contributed by atoms with E-state index in [2.05, 4.69) is 41.8 Å². The molecule has 1 saturated carbocycles. The summed E-state index contributed by atoms with van der Waals surface area (Å²) in [6.45, 7) is 0. The summed E-state index contributed by atoms with van der Waals surface area (Å²) in [4.78, 5) is 21.5. The van der Waals surface area contributed by atoms with Crippen LogP contribution in [0.15, 0.2) is 61.6 Å². The van der Waals surface area contributed by atoms with E-state index in [1.54, 1.807) is 24.7 Å². The second-order valence-electron chi connectivity index (χ2n) is 7.18. The van der Waals surface area contributed by atoms with Gasteiger partial charge in [0.25, 0.3) is 0 Å². The molecule has 4 aromatic heterocycles. The van der Waals surface area contributed by atoms with Crippen LogP contribution in [0.5, 0.6) is 0 Å². The average Bonchev–Trinajstić information content (AvgIpc) is 3.19. The fraction of sp³-hybridized carbons (Fsp3) is 0.190. The molecule has 144 valence electrons. The first-order chi connectivity index (χ1) is 14.1. The van der Waals surface area contributed by atoms with Crippen molar-refractivity contribution in [3.05, 3.63) is 72.3 Å². The van der Waals surface area contributed by atoms with Crippen LogP contribution < -0.4 is 5.73 Å². The number of nitrogens with two attached hydrogens (primary N) is 1. The summed E-state index contributed by atoms with van der Waals surface area (Å²) in [5.74, 6) is 0.255. The summed E-state index contributed by atoms with van der Waals surface area (Å²) in [5, 5.41) is 0.473. The van der Waals surface area contributed by atoms with Gasteiger partial charge in [0.05, 0.1) is 23.3 Å². The molecule has 7 nitrogen and oxygen atoms in total. The molecular formula is C21H18ClN7. The first kappa shape index (κ1) is 17.8. The van der Waals surface area contributed by atoms with E-state index in [-0.39, 0.29) is 11.5 Å². The molecule has 0 bridgehead atoms. The monoisotopic (exact) mass is 403 g/mol. The number of pyridine rings is 2. The Labute approximate surface area is 172 Å². The van der Waals surface area contributed by atoms with Crippen molar-refractivity contribution in [1.29, 1.82) is 0 Å². The maximum atomic E-state index is 5.90. The van der Waals surface area contributed by atoms with Gasteiger partial charge in [0.1, 0.15) is 5.15 Å². The Morgan fingerprint density at radius 2 is 1.62 bits per heavy atom. The number of nitrogens with zero attached hydrogens (tertiary/aromatic N) is 6. The third-order valence-corrected chi connectivity index (χ3v) is 5.77. The summed E-state index contributed by atoms with van der Waals surface area (Å²) in [7, 11) is 0. The van der Waals surface area contributed by atoms with Gasteiger partial charge in [0, 0.05) is 42.1 Å². The molecule has 1 fully saturated rings. The highest BCUT2D eigenvalue weighted by Crippen LogP contribution is 2.45. The Hall–Kier alpha value is -3.32. The standard InChI is InChI=1S/C21H18ClN7/c22-19-5-2-14(8-25-19)18-12-29(13-28-18)21(6-1-7-21)16-3-4-17(24-11-16)15-9-26-20(23)27-10-15/h2-5,8-13H,1,6-7H2,(H2,23,26,27). The Balaban J connectivity index is 1.46. The lowest BCUT2D eigenvalue weighted by atomic mass is 9.72. The van der Waals surface area contributed by atoms with Crippen LogP contribution in [0.3, 0.4) is 0 Å². The second kappa shape index (κ2) is 6.93. The number of nitrogen functional groups attached to an aromatic ring is 1. The summed E-state index contributed by atoms with van der Waals surface area (Å²) >= 11 is 5.90. The lowest BCUT2D eigenvalue weighted by Crippen LogP contribution is -2.41. The highest BCUT2D eigenvalue weighted by atomic mass is 35.5. The zero-order chi connectivity index (χ0) is 19.8. The van der Waals surface area contributed by atoms with Crippen molar-refractivity contribution < 1.29 is 0 Å². The second-order valence-corrected chi connectivity index (χ2v) is 7.57. The fourth-order valence-corrected chi connectivity index (χ4v) is 3.86. The van der Waals surface area contributed by atoms with Crippen LogP contribution in [-0.4, -0.2) is 29.5 Å². The first-order valence-electron chi connectivity index (χ1n) is 9.35. The van der Waals surface area contributed by atoms with E-state index >= 15 is 0 Å². The third-order valence-electron chi connectivity index (χ3n) is 5.55. The van der Waals surface area contributed by atoms with Crippen LogP contribution >= 0.6 is 11.6 Å². The smallest absolute Gasteiger partial charge is 0.219 e. The number of hydrogen-bond donors (Lipinski definition) is 1. The van der Waals surface area contributed by atoms with Crippen molar-refractivity contribution in [1.82, 2.24) is 29.5 Å². The fourth-order valence-electron chi connectivity index (χ4n) is 3.75. The van der Waals surface area contributed by atoms with Crippen LogP contribution in [0.4, 0.5) is 5.95 Å². The number of halogens is 1. The zero-order valence-electron chi connectivity index (χ0n) is 15.5. The molecule has 4 aromatic rings. The Morgan fingerprint density at radius 1 is 0.828 bits per heavy atom. The SMILES string of the molecule is Nc1ncc(-c2ccc(C3(n4cnc(-c5ccc(Cl)nc5)c4)CCC3)cn2)cn1. The Kier molecular flexibility index (Phi) is 4.24. The summed E-state index contributed by atoms with van der Waals surface area (Å²) in [5.41, 5.74) is 10.1. The molecule has 0 aromatic carbocycles. The normalized spacial score (nSPS) is 15.1. The summed E-state index contributed by atoms with van der Waals surface area (Å²) in [6, 6.07) is 7.84. The zero-order valence-corrected chi connectivity index (χ0v) is 16.3. The van der Waals surface area contributed by atoms with Gasteiger partial charge in [-0.3, -0.25) is 4.98 Å². The van der Waals surface area contributed by atoms with Gasteiger partial charge in [-0.25, -0.2) is 19.9 Å². The minimum atomic E-state index is -0.117. The lowest BCUT2D eigenvalue weighted by molar-refractivity contribution is 0.196. The molecule has 5 rings (SSSR count). The molecule has 1 aliphatic carbocycles. The molecule has 29 heavy (non-hydrogen) atoms. The maximum Gasteiger partial charge on any atom is 0.219 e. The average molecular weight is 404 g/mol. The molecule has 0 atom stereocenters. The van der Waals surface area contributed by atoms with E-state index in [9.17, 15) is 0 Å². The number of aromatic nitrogens is 6.